The van der Waals surface area contributed by atoms with Crippen molar-refractivity contribution in [3.8, 4) is 0 Å². The standard InChI is InChI=1S/C12H25N/c1-4-10-13-11-8-6-7-9-12(3)5-2/h6-7,12-13H,4-5,8-11H2,1-3H3. The van der Waals surface area contributed by atoms with E-state index in [-0.39, 0.29) is 0 Å². The summed E-state index contributed by atoms with van der Waals surface area (Å²) in [4.78, 5) is 0. The Labute approximate surface area is 83.6 Å². The fraction of sp³-hybridized carbons (Fsp3) is 0.833. The summed E-state index contributed by atoms with van der Waals surface area (Å²) in [6, 6.07) is 0. The van der Waals surface area contributed by atoms with E-state index in [2.05, 4.69) is 38.2 Å². The second-order valence-corrected chi connectivity index (χ2v) is 3.76. The molecule has 78 valence electrons. The molecule has 0 saturated carbocycles. The Kier molecular flexibility index (Phi) is 9.56. The van der Waals surface area contributed by atoms with Crippen molar-refractivity contribution in [3.63, 3.8) is 0 Å². The van der Waals surface area contributed by atoms with Gasteiger partial charge in [-0.25, -0.2) is 0 Å². The molecular weight excluding hydrogens is 158 g/mol. The molecule has 0 amide bonds. The van der Waals surface area contributed by atoms with Gasteiger partial charge in [-0.3, -0.25) is 0 Å². The predicted octanol–water partition coefficient (Wildman–Crippen LogP) is 3.37. The van der Waals surface area contributed by atoms with E-state index >= 15 is 0 Å². The average Bonchev–Trinajstić information content (AvgIpc) is 2.16. The molecule has 0 fully saturated rings. The first-order valence-electron chi connectivity index (χ1n) is 5.66. The molecule has 1 heteroatoms. The van der Waals surface area contributed by atoms with Gasteiger partial charge in [0.2, 0.25) is 0 Å². The number of hydrogen-bond acceptors (Lipinski definition) is 1. The van der Waals surface area contributed by atoms with Gasteiger partial charge >= 0.3 is 0 Å². The summed E-state index contributed by atoms with van der Waals surface area (Å²) in [5.41, 5.74) is 0. The third-order valence-electron chi connectivity index (χ3n) is 2.32. The van der Waals surface area contributed by atoms with Crippen LogP contribution in [0, 0.1) is 5.92 Å². The van der Waals surface area contributed by atoms with Crippen molar-refractivity contribution in [2.24, 2.45) is 5.92 Å². The number of nitrogens with one attached hydrogen (secondary N) is 1. The van der Waals surface area contributed by atoms with E-state index in [0.29, 0.717) is 0 Å². The minimum absolute atomic E-state index is 0.847. The Morgan fingerprint density at radius 1 is 1.15 bits per heavy atom. The maximum atomic E-state index is 3.39. The Hall–Kier alpha value is -0.300. The molecular formula is C12H25N. The van der Waals surface area contributed by atoms with Crippen LogP contribution in [-0.2, 0) is 0 Å². The van der Waals surface area contributed by atoms with E-state index in [1.807, 2.05) is 0 Å². The van der Waals surface area contributed by atoms with Crippen molar-refractivity contribution >= 4 is 0 Å². The first-order valence-corrected chi connectivity index (χ1v) is 5.66. The lowest BCUT2D eigenvalue weighted by molar-refractivity contribution is 0.570. The van der Waals surface area contributed by atoms with E-state index in [1.54, 1.807) is 0 Å². The lowest BCUT2D eigenvalue weighted by Gasteiger charge is -2.02. The van der Waals surface area contributed by atoms with Crippen LogP contribution < -0.4 is 5.32 Å². The zero-order valence-corrected chi connectivity index (χ0v) is 9.47. The fourth-order valence-electron chi connectivity index (χ4n) is 1.10. The van der Waals surface area contributed by atoms with Crippen LogP contribution >= 0.6 is 0 Å². The largest absolute Gasteiger partial charge is 0.316 e. The molecule has 1 N–H and O–H groups in total. The predicted molar refractivity (Wildman–Crippen MR) is 61.0 cm³/mol. The Morgan fingerprint density at radius 2 is 1.92 bits per heavy atom. The zero-order chi connectivity index (χ0) is 9.94. The maximum absolute atomic E-state index is 3.39. The smallest absolute Gasteiger partial charge is 0.00143 e. The van der Waals surface area contributed by atoms with Crippen LogP contribution in [0.3, 0.4) is 0 Å². The summed E-state index contributed by atoms with van der Waals surface area (Å²) in [6.45, 7) is 9.04. The molecule has 0 aromatic carbocycles. The van der Waals surface area contributed by atoms with Crippen LogP contribution in [0.5, 0.6) is 0 Å². The molecule has 1 unspecified atom stereocenters. The van der Waals surface area contributed by atoms with Gasteiger partial charge in [0.25, 0.3) is 0 Å². The first kappa shape index (κ1) is 12.7. The molecule has 1 atom stereocenters. The normalized spacial score (nSPS) is 13.8. The molecule has 1 nitrogen and oxygen atoms in total. The number of rotatable bonds is 8. The van der Waals surface area contributed by atoms with Gasteiger partial charge in [-0.05, 0) is 38.3 Å². The molecule has 0 aliphatic rings. The van der Waals surface area contributed by atoms with E-state index in [9.17, 15) is 0 Å². The highest BCUT2D eigenvalue weighted by molar-refractivity contribution is 4.83. The zero-order valence-electron chi connectivity index (χ0n) is 9.47. The van der Waals surface area contributed by atoms with Gasteiger partial charge in [0.1, 0.15) is 0 Å². The minimum Gasteiger partial charge on any atom is -0.316 e. The fourth-order valence-corrected chi connectivity index (χ4v) is 1.10. The summed E-state index contributed by atoms with van der Waals surface area (Å²) >= 11 is 0. The molecule has 0 heterocycles. The SMILES string of the molecule is CCCNCCC=CCC(C)CC. The molecule has 0 radical (unpaired) electrons. The van der Waals surface area contributed by atoms with E-state index in [0.717, 1.165) is 19.0 Å². The van der Waals surface area contributed by atoms with Crippen LogP contribution in [0.4, 0.5) is 0 Å². The molecule has 0 spiro atoms. The lowest BCUT2D eigenvalue weighted by Crippen LogP contribution is -2.14. The van der Waals surface area contributed by atoms with Gasteiger partial charge in [-0.2, -0.15) is 0 Å². The van der Waals surface area contributed by atoms with E-state index < -0.39 is 0 Å². The van der Waals surface area contributed by atoms with Gasteiger partial charge < -0.3 is 5.32 Å². The third kappa shape index (κ3) is 9.62. The molecule has 0 aliphatic heterocycles. The van der Waals surface area contributed by atoms with Crippen molar-refractivity contribution in [1.29, 1.82) is 0 Å². The highest BCUT2D eigenvalue weighted by atomic mass is 14.8. The summed E-state index contributed by atoms with van der Waals surface area (Å²) in [5.74, 6) is 0.847. The van der Waals surface area contributed by atoms with E-state index in [1.165, 1.54) is 25.7 Å². The topological polar surface area (TPSA) is 12.0 Å². The monoisotopic (exact) mass is 183 g/mol. The van der Waals surface area contributed by atoms with Crippen molar-refractivity contribution in [2.75, 3.05) is 13.1 Å². The minimum atomic E-state index is 0.847. The molecule has 13 heavy (non-hydrogen) atoms. The third-order valence-corrected chi connectivity index (χ3v) is 2.32. The summed E-state index contributed by atoms with van der Waals surface area (Å²) < 4.78 is 0. The van der Waals surface area contributed by atoms with Gasteiger partial charge in [0, 0.05) is 0 Å². The highest BCUT2D eigenvalue weighted by Gasteiger charge is 1.92. The van der Waals surface area contributed by atoms with Crippen molar-refractivity contribution < 1.29 is 0 Å². The Bertz CT molecular complexity index is 118. The summed E-state index contributed by atoms with van der Waals surface area (Å²) in [5, 5.41) is 3.39. The quantitative estimate of drug-likeness (QED) is 0.449. The molecule has 0 saturated heterocycles. The first-order chi connectivity index (χ1) is 6.31. The average molecular weight is 183 g/mol. The molecule has 0 aromatic rings. The van der Waals surface area contributed by atoms with Gasteiger partial charge in [0.15, 0.2) is 0 Å². The molecule has 0 rings (SSSR count). The number of hydrogen-bond donors (Lipinski definition) is 1. The van der Waals surface area contributed by atoms with Crippen LogP contribution in [0.25, 0.3) is 0 Å². The highest BCUT2D eigenvalue weighted by Crippen LogP contribution is 2.06. The maximum Gasteiger partial charge on any atom is -0.00143 e. The second-order valence-electron chi connectivity index (χ2n) is 3.76. The summed E-state index contributed by atoms with van der Waals surface area (Å²) in [6.07, 6.45) is 9.56. The van der Waals surface area contributed by atoms with Crippen LogP contribution in [0.15, 0.2) is 12.2 Å². The van der Waals surface area contributed by atoms with Crippen LogP contribution in [0.1, 0.15) is 46.5 Å². The summed E-state index contributed by atoms with van der Waals surface area (Å²) in [7, 11) is 0. The lowest BCUT2D eigenvalue weighted by atomic mass is 10.1. The van der Waals surface area contributed by atoms with Gasteiger partial charge in [-0.15, -0.1) is 0 Å². The van der Waals surface area contributed by atoms with Crippen LogP contribution in [-0.4, -0.2) is 13.1 Å². The molecule has 0 aliphatic carbocycles. The Balaban J connectivity index is 3.12. The number of allylic oxidation sites excluding steroid dienone is 1. The van der Waals surface area contributed by atoms with Gasteiger partial charge in [-0.1, -0.05) is 39.3 Å². The Morgan fingerprint density at radius 3 is 2.54 bits per heavy atom. The van der Waals surface area contributed by atoms with Gasteiger partial charge in [0.05, 0.1) is 0 Å². The van der Waals surface area contributed by atoms with Crippen LogP contribution in [0.2, 0.25) is 0 Å². The molecule has 0 aromatic heterocycles. The molecule has 0 bridgehead atoms. The second kappa shape index (κ2) is 9.79. The van der Waals surface area contributed by atoms with Crippen molar-refractivity contribution in [1.82, 2.24) is 5.32 Å². The van der Waals surface area contributed by atoms with Crippen molar-refractivity contribution in [2.45, 2.75) is 46.5 Å². The van der Waals surface area contributed by atoms with Crippen molar-refractivity contribution in [3.05, 3.63) is 12.2 Å². The van der Waals surface area contributed by atoms with E-state index in [4.69, 9.17) is 0 Å².